The van der Waals surface area contributed by atoms with E-state index >= 15 is 0 Å². The summed E-state index contributed by atoms with van der Waals surface area (Å²) in [6.45, 7) is 0. The summed E-state index contributed by atoms with van der Waals surface area (Å²) in [5, 5.41) is 18.8. The zero-order valence-electron chi connectivity index (χ0n) is 15.4. The molecule has 0 amide bonds. The van der Waals surface area contributed by atoms with Gasteiger partial charge in [-0.15, -0.1) is 0 Å². The van der Waals surface area contributed by atoms with Gasteiger partial charge in [-0.05, 0) is 23.3 Å². The fourth-order valence-electron chi connectivity index (χ4n) is 4.30. The molecule has 0 atom stereocenters. The third kappa shape index (κ3) is 2.36. The molecule has 1 aromatic heterocycles. The van der Waals surface area contributed by atoms with Crippen molar-refractivity contribution >= 4 is 16.7 Å². The molecular formula is C25H11F2N3. The van der Waals surface area contributed by atoms with Gasteiger partial charge in [-0.25, -0.2) is 8.78 Å². The van der Waals surface area contributed by atoms with E-state index in [-0.39, 0.29) is 11.1 Å². The highest BCUT2D eigenvalue weighted by Crippen LogP contribution is 2.54. The Balaban J connectivity index is 1.98. The third-order valence-corrected chi connectivity index (χ3v) is 5.35. The number of hydrogen-bond donors (Lipinski definition) is 0. The second-order valence-electron chi connectivity index (χ2n) is 6.88. The molecule has 3 aromatic rings. The number of nitrogens with zero attached hydrogens (tertiary/aromatic N) is 3. The molecule has 0 N–H and O–H groups in total. The Hall–Kier alpha value is -4.35. The van der Waals surface area contributed by atoms with Crippen LogP contribution in [0.25, 0.3) is 28.0 Å². The smallest absolute Gasteiger partial charge is 0.134 e. The largest absolute Gasteiger partial charge is 0.256 e. The fourth-order valence-corrected chi connectivity index (χ4v) is 4.30. The second kappa shape index (κ2) is 6.62. The lowest BCUT2D eigenvalue weighted by Crippen LogP contribution is -1.92. The maximum Gasteiger partial charge on any atom is 0.134 e. The van der Waals surface area contributed by atoms with Crippen LogP contribution in [0.3, 0.4) is 0 Å². The van der Waals surface area contributed by atoms with Crippen LogP contribution in [0.1, 0.15) is 22.3 Å². The average Bonchev–Trinajstić information content (AvgIpc) is 3.22. The van der Waals surface area contributed by atoms with Crippen LogP contribution in [-0.2, 0) is 0 Å². The molecule has 0 fully saturated rings. The van der Waals surface area contributed by atoms with Crippen LogP contribution in [0.5, 0.6) is 0 Å². The monoisotopic (exact) mass is 391 g/mol. The highest BCUT2D eigenvalue weighted by Gasteiger charge is 2.36. The van der Waals surface area contributed by atoms with Gasteiger partial charge in [-0.3, -0.25) is 4.98 Å². The molecule has 2 aliphatic carbocycles. The molecule has 0 unspecified atom stereocenters. The van der Waals surface area contributed by atoms with Gasteiger partial charge in [0, 0.05) is 63.4 Å². The number of halogens is 2. The molecule has 0 bridgehead atoms. The molecule has 5 rings (SSSR count). The van der Waals surface area contributed by atoms with E-state index in [1.54, 1.807) is 12.3 Å². The number of rotatable bonds is 0. The highest BCUT2D eigenvalue weighted by molar-refractivity contribution is 6.19. The van der Waals surface area contributed by atoms with Crippen molar-refractivity contribution in [2.75, 3.05) is 0 Å². The summed E-state index contributed by atoms with van der Waals surface area (Å²) in [5.41, 5.74) is 5.71. The van der Waals surface area contributed by atoms with Crippen LogP contribution in [-0.4, -0.2) is 4.98 Å². The third-order valence-electron chi connectivity index (χ3n) is 5.35. The lowest BCUT2D eigenvalue weighted by atomic mass is 9.91. The van der Waals surface area contributed by atoms with Gasteiger partial charge in [0.1, 0.15) is 11.6 Å². The Bertz CT molecular complexity index is 1380. The van der Waals surface area contributed by atoms with Crippen molar-refractivity contribution in [2.24, 2.45) is 0 Å². The minimum atomic E-state index is -0.774. The molecule has 30 heavy (non-hydrogen) atoms. The topological polar surface area (TPSA) is 60.5 Å². The SMILES string of the molecule is N#C/C=C1C(=C2\c3ccccc3-c3ncccc32)/C(=C/C#N)c2cc(F)cc(F)c2/1. The molecule has 0 aliphatic heterocycles. The van der Waals surface area contributed by atoms with Crippen LogP contribution in [0.2, 0.25) is 0 Å². The van der Waals surface area contributed by atoms with Gasteiger partial charge < -0.3 is 0 Å². The zero-order valence-corrected chi connectivity index (χ0v) is 15.4. The van der Waals surface area contributed by atoms with Crippen LogP contribution >= 0.6 is 0 Å². The standard InChI is InChI=1S/C25H11F2N3/c26-14-12-20-16(7-9-28)23(18(8-10-29)22(20)21(27)13-14)24-15-4-1-2-5-17(15)25-19(24)6-3-11-30-25/h1-8,11-13H/b16-7+,18-8+,24-23+. The van der Waals surface area contributed by atoms with Gasteiger partial charge in [0.05, 0.1) is 17.8 Å². The van der Waals surface area contributed by atoms with Crippen molar-refractivity contribution in [3.8, 4) is 23.4 Å². The van der Waals surface area contributed by atoms with E-state index in [0.29, 0.717) is 16.7 Å². The summed E-state index contributed by atoms with van der Waals surface area (Å²) in [7, 11) is 0. The highest BCUT2D eigenvalue weighted by atomic mass is 19.1. The summed E-state index contributed by atoms with van der Waals surface area (Å²) in [6.07, 6.45) is 4.21. The molecule has 0 saturated heterocycles. The van der Waals surface area contributed by atoms with Crippen molar-refractivity contribution in [1.29, 1.82) is 10.5 Å². The van der Waals surface area contributed by atoms with Crippen LogP contribution < -0.4 is 0 Å². The molecule has 5 heteroatoms. The summed E-state index contributed by atoms with van der Waals surface area (Å²) in [4.78, 5) is 4.51. The normalized spacial score (nSPS) is 18.7. The zero-order chi connectivity index (χ0) is 20.8. The average molecular weight is 391 g/mol. The maximum absolute atomic E-state index is 14.9. The number of benzene rings is 2. The number of nitriles is 2. The minimum Gasteiger partial charge on any atom is -0.256 e. The van der Waals surface area contributed by atoms with E-state index in [9.17, 15) is 19.3 Å². The van der Waals surface area contributed by atoms with Gasteiger partial charge in [0.2, 0.25) is 0 Å². The number of hydrogen-bond acceptors (Lipinski definition) is 3. The van der Waals surface area contributed by atoms with Crippen molar-refractivity contribution in [1.82, 2.24) is 4.98 Å². The Kier molecular flexibility index (Phi) is 3.91. The molecule has 0 radical (unpaired) electrons. The van der Waals surface area contributed by atoms with Crippen molar-refractivity contribution in [3.63, 3.8) is 0 Å². The van der Waals surface area contributed by atoms with E-state index in [0.717, 1.165) is 34.0 Å². The first kappa shape index (κ1) is 17.7. The maximum atomic E-state index is 14.9. The molecule has 2 aromatic carbocycles. The van der Waals surface area contributed by atoms with Crippen molar-refractivity contribution in [2.45, 2.75) is 0 Å². The molecular weight excluding hydrogens is 380 g/mol. The quantitative estimate of drug-likeness (QED) is 0.363. The number of aromatic nitrogens is 1. The first-order chi connectivity index (χ1) is 14.7. The van der Waals surface area contributed by atoms with Gasteiger partial charge in [-0.1, -0.05) is 30.3 Å². The van der Waals surface area contributed by atoms with E-state index in [1.165, 1.54) is 18.2 Å². The van der Waals surface area contributed by atoms with Crippen LogP contribution in [0.4, 0.5) is 8.78 Å². The van der Waals surface area contributed by atoms with Crippen molar-refractivity contribution < 1.29 is 8.78 Å². The summed E-state index contributed by atoms with van der Waals surface area (Å²) >= 11 is 0. The van der Waals surface area contributed by atoms with E-state index in [4.69, 9.17) is 0 Å². The van der Waals surface area contributed by atoms with E-state index in [1.807, 2.05) is 42.5 Å². The van der Waals surface area contributed by atoms with Gasteiger partial charge in [0.25, 0.3) is 0 Å². The predicted molar refractivity (Wildman–Crippen MR) is 109 cm³/mol. The minimum absolute atomic E-state index is 0.122. The lowest BCUT2D eigenvalue weighted by molar-refractivity contribution is 0.581. The molecule has 2 aliphatic rings. The van der Waals surface area contributed by atoms with Crippen molar-refractivity contribution in [3.05, 3.63) is 106 Å². The second-order valence-corrected chi connectivity index (χ2v) is 6.88. The Morgan fingerprint density at radius 2 is 1.47 bits per heavy atom. The Labute approximate surface area is 171 Å². The van der Waals surface area contributed by atoms with Gasteiger partial charge in [-0.2, -0.15) is 10.5 Å². The molecule has 0 spiro atoms. The molecule has 3 nitrogen and oxygen atoms in total. The summed E-state index contributed by atoms with van der Waals surface area (Å²) in [6, 6.07) is 17.3. The Morgan fingerprint density at radius 3 is 2.23 bits per heavy atom. The first-order valence-electron chi connectivity index (χ1n) is 9.15. The van der Waals surface area contributed by atoms with E-state index in [2.05, 4.69) is 4.98 Å². The fraction of sp³-hybridized carbons (Fsp3) is 0. The van der Waals surface area contributed by atoms with Crippen LogP contribution in [0, 0.1) is 34.3 Å². The molecule has 140 valence electrons. The summed E-state index contributed by atoms with van der Waals surface area (Å²) in [5.74, 6) is -1.52. The van der Waals surface area contributed by atoms with Crippen LogP contribution in [0.15, 0.2) is 72.5 Å². The lowest BCUT2D eigenvalue weighted by Gasteiger charge is -2.11. The Morgan fingerprint density at radius 1 is 0.767 bits per heavy atom. The molecule has 1 heterocycles. The number of fused-ring (bicyclic) bond motifs is 4. The predicted octanol–water partition coefficient (Wildman–Crippen LogP) is 5.67. The number of pyridine rings is 1. The number of allylic oxidation sites excluding steroid dienone is 5. The van der Waals surface area contributed by atoms with Gasteiger partial charge in [0.15, 0.2) is 0 Å². The first-order valence-corrected chi connectivity index (χ1v) is 9.15. The summed E-state index contributed by atoms with van der Waals surface area (Å²) < 4.78 is 28.9. The van der Waals surface area contributed by atoms with Gasteiger partial charge >= 0.3 is 0 Å². The van der Waals surface area contributed by atoms with E-state index < -0.39 is 11.6 Å². The molecule has 0 saturated carbocycles.